The molecule has 0 amide bonds. The second-order valence-corrected chi connectivity index (χ2v) is 5.60. The van der Waals surface area contributed by atoms with E-state index in [0.717, 1.165) is 45.2 Å². The lowest BCUT2D eigenvalue weighted by Gasteiger charge is -2.24. The van der Waals surface area contributed by atoms with Crippen molar-refractivity contribution in [3.05, 3.63) is 53.6 Å². The zero-order chi connectivity index (χ0) is 15.3. The van der Waals surface area contributed by atoms with Crippen molar-refractivity contribution in [3.8, 4) is 28.4 Å². The molecule has 0 atom stereocenters. The number of ether oxygens (including phenoxy) is 1. The maximum atomic E-state index is 10.2. The normalized spacial score (nSPS) is 12.6. The molecule has 0 bridgehead atoms. The van der Waals surface area contributed by atoms with Crippen molar-refractivity contribution in [2.24, 2.45) is 0 Å². The highest BCUT2D eigenvalue weighted by atomic mass is 16.5. The summed E-state index contributed by atoms with van der Waals surface area (Å²) in [6, 6.07) is 13.0. The second-order valence-electron chi connectivity index (χ2n) is 5.60. The summed E-state index contributed by atoms with van der Waals surface area (Å²) in [7, 11) is 0. The van der Waals surface area contributed by atoms with Gasteiger partial charge < -0.3 is 14.9 Å². The van der Waals surface area contributed by atoms with Gasteiger partial charge in [-0.15, -0.1) is 0 Å². The largest absolute Gasteiger partial charge is 0.508 e. The molecule has 0 aliphatic carbocycles. The van der Waals surface area contributed by atoms with Crippen LogP contribution in [0, 0.1) is 0 Å². The third-order valence-corrected chi connectivity index (χ3v) is 4.30. The van der Waals surface area contributed by atoms with Crippen LogP contribution in [0.2, 0.25) is 0 Å². The zero-order valence-corrected chi connectivity index (χ0v) is 12.3. The fraction of sp³-hybridized carbons (Fsp3) is 0.158. The average molecular weight is 292 g/mol. The number of benzene rings is 3. The molecular formula is C19H16O3. The summed E-state index contributed by atoms with van der Waals surface area (Å²) in [5.41, 5.74) is 4.18. The van der Waals surface area contributed by atoms with Crippen molar-refractivity contribution < 1.29 is 14.9 Å². The Balaban J connectivity index is 2.10. The van der Waals surface area contributed by atoms with E-state index in [2.05, 4.69) is 13.0 Å². The van der Waals surface area contributed by atoms with Crippen LogP contribution in [0.15, 0.2) is 42.5 Å². The molecule has 0 aromatic heterocycles. The predicted molar refractivity (Wildman–Crippen MR) is 86.4 cm³/mol. The molecule has 0 saturated heterocycles. The second kappa shape index (κ2) is 4.67. The summed E-state index contributed by atoms with van der Waals surface area (Å²) in [6.07, 6.45) is 0.828. The van der Waals surface area contributed by atoms with Crippen LogP contribution in [0.3, 0.4) is 0 Å². The molecule has 1 heterocycles. The van der Waals surface area contributed by atoms with E-state index in [1.807, 2.05) is 18.2 Å². The number of phenolic OH excluding ortho intramolecular Hbond substituents is 2. The molecule has 1 aliphatic rings. The van der Waals surface area contributed by atoms with E-state index in [0.29, 0.717) is 6.61 Å². The molecule has 3 aromatic carbocycles. The number of rotatable bonds is 1. The van der Waals surface area contributed by atoms with Crippen molar-refractivity contribution >= 4 is 10.8 Å². The van der Waals surface area contributed by atoms with Gasteiger partial charge in [0.05, 0.1) is 0 Å². The van der Waals surface area contributed by atoms with Gasteiger partial charge >= 0.3 is 0 Å². The van der Waals surface area contributed by atoms with Gasteiger partial charge in [0.15, 0.2) is 0 Å². The summed E-state index contributed by atoms with van der Waals surface area (Å²) < 4.78 is 5.95. The highest BCUT2D eigenvalue weighted by molar-refractivity contribution is 6.01. The first-order valence-corrected chi connectivity index (χ1v) is 7.41. The Bertz CT molecular complexity index is 897. The lowest BCUT2D eigenvalue weighted by Crippen LogP contribution is -2.06. The molecule has 3 heteroatoms. The topological polar surface area (TPSA) is 49.7 Å². The molecule has 2 N–H and O–H groups in total. The summed E-state index contributed by atoms with van der Waals surface area (Å²) in [5.74, 6) is 1.35. The first-order valence-electron chi connectivity index (χ1n) is 7.41. The van der Waals surface area contributed by atoms with Crippen molar-refractivity contribution in [1.29, 1.82) is 0 Å². The van der Waals surface area contributed by atoms with Gasteiger partial charge in [0.1, 0.15) is 23.9 Å². The van der Waals surface area contributed by atoms with Crippen LogP contribution in [0.5, 0.6) is 17.2 Å². The van der Waals surface area contributed by atoms with Crippen LogP contribution in [-0.2, 0) is 13.0 Å². The maximum Gasteiger partial charge on any atom is 0.135 e. The van der Waals surface area contributed by atoms with Gasteiger partial charge in [0.25, 0.3) is 0 Å². The van der Waals surface area contributed by atoms with Gasteiger partial charge in [-0.2, -0.15) is 0 Å². The molecule has 0 unspecified atom stereocenters. The van der Waals surface area contributed by atoms with Crippen LogP contribution < -0.4 is 4.74 Å². The van der Waals surface area contributed by atoms with Crippen molar-refractivity contribution in [1.82, 2.24) is 0 Å². The first kappa shape index (κ1) is 13.0. The van der Waals surface area contributed by atoms with Crippen LogP contribution in [-0.4, -0.2) is 10.2 Å². The van der Waals surface area contributed by atoms with Crippen molar-refractivity contribution in [2.75, 3.05) is 0 Å². The van der Waals surface area contributed by atoms with Crippen LogP contribution in [0.1, 0.15) is 18.1 Å². The number of aromatic hydroxyl groups is 2. The summed E-state index contributed by atoms with van der Waals surface area (Å²) in [4.78, 5) is 0. The van der Waals surface area contributed by atoms with E-state index in [4.69, 9.17) is 4.74 Å². The van der Waals surface area contributed by atoms with E-state index in [1.54, 1.807) is 18.2 Å². The zero-order valence-electron chi connectivity index (χ0n) is 12.3. The highest BCUT2D eigenvalue weighted by Crippen LogP contribution is 2.46. The number of hydrogen-bond donors (Lipinski definition) is 2. The third-order valence-electron chi connectivity index (χ3n) is 4.30. The molecule has 3 nitrogen and oxygen atoms in total. The molecule has 0 spiro atoms. The van der Waals surface area contributed by atoms with Gasteiger partial charge in [-0.25, -0.2) is 0 Å². The average Bonchev–Trinajstić information content (AvgIpc) is 2.53. The van der Waals surface area contributed by atoms with Gasteiger partial charge in [-0.05, 0) is 41.8 Å². The van der Waals surface area contributed by atoms with Gasteiger partial charge in [0, 0.05) is 21.9 Å². The Kier molecular flexibility index (Phi) is 2.76. The number of aryl methyl sites for hydroxylation is 1. The Morgan fingerprint density at radius 3 is 2.73 bits per heavy atom. The minimum absolute atomic E-state index is 0.250. The van der Waals surface area contributed by atoms with Crippen LogP contribution in [0.25, 0.3) is 21.9 Å². The third kappa shape index (κ3) is 1.75. The molecule has 0 fully saturated rings. The molecule has 110 valence electrons. The van der Waals surface area contributed by atoms with Crippen LogP contribution >= 0.6 is 0 Å². The van der Waals surface area contributed by atoms with Crippen molar-refractivity contribution in [2.45, 2.75) is 20.0 Å². The fourth-order valence-corrected chi connectivity index (χ4v) is 3.27. The smallest absolute Gasteiger partial charge is 0.135 e. The Morgan fingerprint density at radius 1 is 1.05 bits per heavy atom. The number of hydrogen-bond acceptors (Lipinski definition) is 3. The summed E-state index contributed by atoms with van der Waals surface area (Å²) in [5, 5.41) is 21.7. The minimum Gasteiger partial charge on any atom is -0.508 e. The predicted octanol–water partition coefficient (Wildman–Crippen LogP) is 4.37. The molecule has 22 heavy (non-hydrogen) atoms. The van der Waals surface area contributed by atoms with E-state index >= 15 is 0 Å². The number of phenols is 2. The Hall–Kier alpha value is -2.68. The van der Waals surface area contributed by atoms with Crippen molar-refractivity contribution in [3.63, 3.8) is 0 Å². The van der Waals surface area contributed by atoms with E-state index in [-0.39, 0.29) is 11.5 Å². The molecule has 4 rings (SSSR count). The summed E-state index contributed by atoms with van der Waals surface area (Å²) >= 11 is 0. The Morgan fingerprint density at radius 2 is 1.91 bits per heavy atom. The molecule has 1 aliphatic heterocycles. The summed E-state index contributed by atoms with van der Waals surface area (Å²) in [6.45, 7) is 2.50. The standard InChI is InChI=1S/C19H16O3/c1-2-11-9-16-14-7-6-13(20)8-12(14)10-22-19(16)15-4-3-5-17(21)18(11)15/h3-9,20-21H,2,10H2,1H3. The molecule has 3 aromatic rings. The molecule has 0 saturated carbocycles. The van der Waals surface area contributed by atoms with E-state index < -0.39 is 0 Å². The van der Waals surface area contributed by atoms with Crippen LogP contribution in [0.4, 0.5) is 0 Å². The molecule has 0 radical (unpaired) electrons. The lowest BCUT2D eigenvalue weighted by molar-refractivity contribution is 0.305. The van der Waals surface area contributed by atoms with Gasteiger partial charge in [0.2, 0.25) is 0 Å². The van der Waals surface area contributed by atoms with Gasteiger partial charge in [-0.1, -0.05) is 25.1 Å². The lowest BCUT2D eigenvalue weighted by atomic mass is 9.90. The minimum atomic E-state index is 0.250. The highest BCUT2D eigenvalue weighted by Gasteiger charge is 2.22. The van der Waals surface area contributed by atoms with E-state index in [9.17, 15) is 10.2 Å². The molecular weight excluding hydrogens is 276 g/mol. The monoisotopic (exact) mass is 292 g/mol. The maximum absolute atomic E-state index is 10.2. The Labute approximate surface area is 128 Å². The number of fused-ring (bicyclic) bond motifs is 5. The quantitative estimate of drug-likeness (QED) is 0.700. The fourth-order valence-electron chi connectivity index (χ4n) is 3.27. The first-order chi connectivity index (χ1) is 10.7. The SMILES string of the molecule is CCc1cc2c(c3cccc(O)c13)OCc1cc(O)ccc1-2. The van der Waals surface area contributed by atoms with Gasteiger partial charge in [-0.3, -0.25) is 0 Å². The van der Waals surface area contributed by atoms with E-state index in [1.165, 1.54) is 0 Å².